The third-order valence-corrected chi connectivity index (χ3v) is 3.38. The summed E-state index contributed by atoms with van der Waals surface area (Å²) in [4.78, 5) is 0. The van der Waals surface area contributed by atoms with Crippen LogP contribution in [-0.4, -0.2) is 11.1 Å². The van der Waals surface area contributed by atoms with E-state index in [1.54, 1.807) is 0 Å². The Kier molecular flexibility index (Phi) is 2.44. The van der Waals surface area contributed by atoms with E-state index >= 15 is 0 Å². The molecule has 0 radical (unpaired) electrons. The number of hydrogen-bond donors (Lipinski definition) is 1. The smallest absolute Gasteiger partial charge is 0.0485 e. The minimum atomic E-state index is 0.757. The molecule has 0 bridgehead atoms. The van der Waals surface area contributed by atoms with Gasteiger partial charge in [0.1, 0.15) is 0 Å². The monoisotopic (exact) mass is 214 g/mol. The van der Waals surface area contributed by atoms with Crippen LogP contribution in [0.5, 0.6) is 0 Å². The van der Waals surface area contributed by atoms with Crippen LogP contribution in [0.4, 0.5) is 0 Å². The first-order chi connectivity index (χ1) is 7.90. The molecule has 0 saturated heterocycles. The maximum Gasteiger partial charge on any atom is 0.0485 e. The normalized spacial score (nSPS) is 15.8. The van der Waals surface area contributed by atoms with E-state index in [1.165, 1.54) is 29.4 Å². The van der Waals surface area contributed by atoms with Crippen LogP contribution in [0.1, 0.15) is 31.0 Å². The molecule has 2 nitrogen and oxygen atoms in total. The summed E-state index contributed by atoms with van der Waals surface area (Å²) in [6, 6.07) is 11.8. The number of hydrogen-bond acceptors (Lipinski definition) is 1. The predicted octanol–water partition coefficient (Wildman–Crippen LogP) is 2.87. The van der Waals surface area contributed by atoms with Crippen LogP contribution in [0.15, 0.2) is 30.3 Å². The fourth-order valence-electron chi connectivity index (χ4n) is 2.47. The Hall–Kier alpha value is -1.28. The van der Waals surface area contributed by atoms with Crippen LogP contribution >= 0.6 is 0 Å². The molecule has 1 heterocycles. The van der Waals surface area contributed by atoms with Crippen LogP contribution < -0.4 is 5.73 Å². The van der Waals surface area contributed by atoms with Gasteiger partial charge in [-0.25, -0.2) is 0 Å². The molecule has 3 rings (SSSR count). The number of para-hydroxylation sites is 1. The molecular weight excluding hydrogens is 196 g/mol. The topological polar surface area (TPSA) is 30.9 Å². The van der Waals surface area contributed by atoms with E-state index in [4.69, 9.17) is 5.73 Å². The Morgan fingerprint density at radius 1 is 1.25 bits per heavy atom. The lowest BCUT2D eigenvalue weighted by atomic mass is 10.2. The van der Waals surface area contributed by atoms with Gasteiger partial charge in [-0.3, -0.25) is 0 Å². The van der Waals surface area contributed by atoms with E-state index in [1.807, 2.05) is 0 Å². The van der Waals surface area contributed by atoms with Crippen LogP contribution in [0, 0.1) is 0 Å². The molecule has 16 heavy (non-hydrogen) atoms. The summed E-state index contributed by atoms with van der Waals surface area (Å²) in [6.45, 7) is 0.784. The lowest BCUT2D eigenvalue weighted by Gasteiger charge is -2.08. The van der Waals surface area contributed by atoms with Gasteiger partial charge in [-0.1, -0.05) is 18.2 Å². The Balaban J connectivity index is 2.07. The van der Waals surface area contributed by atoms with Crippen molar-refractivity contribution >= 4 is 10.9 Å². The van der Waals surface area contributed by atoms with Crippen LogP contribution in [-0.2, 0) is 6.42 Å². The number of fused-ring (bicyclic) bond motifs is 1. The second-order valence-corrected chi connectivity index (χ2v) is 4.69. The standard InChI is InChI=1S/C14H18N2/c15-9-3-5-13-10-11-4-1-2-6-14(11)16(13)12-7-8-12/h1-2,4,6,10,12H,3,5,7-9,15H2. The Bertz CT molecular complexity index is 494. The average molecular weight is 214 g/mol. The van der Waals surface area contributed by atoms with Gasteiger partial charge in [0.05, 0.1) is 0 Å². The van der Waals surface area contributed by atoms with Crippen LogP contribution in [0.25, 0.3) is 10.9 Å². The third-order valence-electron chi connectivity index (χ3n) is 3.38. The van der Waals surface area contributed by atoms with Crippen molar-refractivity contribution in [1.29, 1.82) is 0 Å². The molecule has 1 aliphatic carbocycles. The zero-order valence-corrected chi connectivity index (χ0v) is 9.52. The van der Waals surface area contributed by atoms with Crippen LogP contribution in [0.2, 0.25) is 0 Å². The molecule has 0 spiro atoms. The molecule has 1 fully saturated rings. The van der Waals surface area contributed by atoms with Crippen molar-refractivity contribution in [2.75, 3.05) is 6.54 Å². The molecule has 0 amide bonds. The first-order valence-electron chi connectivity index (χ1n) is 6.19. The lowest BCUT2D eigenvalue weighted by molar-refractivity contribution is 0.694. The highest BCUT2D eigenvalue weighted by Gasteiger charge is 2.26. The molecule has 1 aliphatic rings. The minimum absolute atomic E-state index is 0.757. The van der Waals surface area contributed by atoms with Crippen LogP contribution in [0.3, 0.4) is 0 Å². The maximum absolute atomic E-state index is 5.60. The highest BCUT2D eigenvalue weighted by Crippen LogP contribution is 2.39. The molecule has 2 aromatic rings. The van der Waals surface area contributed by atoms with Gasteiger partial charge in [-0.15, -0.1) is 0 Å². The summed E-state index contributed by atoms with van der Waals surface area (Å²) in [5.41, 5.74) is 8.47. The number of benzene rings is 1. The van der Waals surface area contributed by atoms with Crippen molar-refractivity contribution in [3.8, 4) is 0 Å². The first kappa shape index (κ1) is 9.91. The molecule has 84 valence electrons. The molecule has 1 aromatic heterocycles. The number of nitrogens with zero attached hydrogens (tertiary/aromatic N) is 1. The second kappa shape index (κ2) is 3.95. The van der Waals surface area contributed by atoms with Gasteiger partial charge in [0.15, 0.2) is 0 Å². The van der Waals surface area contributed by atoms with Crippen molar-refractivity contribution in [2.24, 2.45) is 5.73 Å². The van der Waals surface area contributed by atoms with Crippen molar-refractivity contribution < 1.29 is 0 Å². The van der Waals surface area contributed by atoms with E-state index in [0.29, 0.717) is 0 Å². The fourth-order valence-corrected chi connectivity index (χ4v) is 2.47. The van der Waals surface area contributed by atoms with E-state index < -0.39 is 0 Å². The molecule has 2 heteroatoms. The number of nitrogens with two attached hydrogens (primary N) is 1. The second-order valence-electron chi connectivity index (χ2n) is 4.69. The summed E-state index contributed by atoms with van der Waals surface area (Å²) < 4.78 is 2.53. The fraction of sp³-hybridized carbons (Fsp3) is 0.429. The van der Waals surface area contributed by atoms with Gasteiger partial charge in [0, 0.05) is 17.3 Å². The summed E-state index contributed by atoms with van der Waals surface area (Å²) in [6.07, 6.45) is 4.88. The molecular formula is C14H18N2. The van der Waals surface area contributed by atoms with E-state index in [9.17, 15) is 0 Å². The van der Waals surface area contributed by atoms with Crippen molar-refractivity contribution in [3.05, 3.63) is 36.0 Å². The third kappa shape index (κ3) is 1.63. The minimum Gasteiger partial charge on any atom is -0.342 e. The molecule has 0 aliphatic heterocycles. The van der Waals surface area contributed by atoms with E-state index in [0.717, 1.165) is 25.4 Å². The number of rotatable bonds is 4. The molecule has 1 saturated carbocycles. The highest BCUT2D eigenvalue weighted by molar-refractivity contribution is 5.81. The quantitative estimate of drug-likeness (QED) is 0.833. The highest BCUT2D eigenvalue weighted by atomic mass is 15.1. The summed E-state index contributed by atoms with van der Waals surface area (Å²) >= 11 is 0. The first-order valence-corrected chi connectivity index (χ1v) is 6.19. The SMILES string of the molecule is NCCCc1cc2ccccc2n1C1CC1. The zero-order chi connectivity index (χ0) is 11.0. The largest absolute Gasteiger partial charge is 0.342 e. The average Bonchev–Trinajstić information content (AvgIpc) is 3.07. The van der Waals surface area contributed by atoms with Gasteiger partial charge in [-0.05, 0) is 49.7 Å². The molecule has 0 atom stereocenters. The van der Waals surface area contributed by atoms with Gasteiger partial charge in [0.25, 0.3) is 0 Å². The van der Waals surface area contributed by atoms with Gasteiger partial charge >= 0.3 is 0 Å². The van der Waals surface area contributed by atoms with Gasteiger partial charge < -0.3 is 10.3 Å². The van der Waals surface area contributed by atoms with E-state index in [2.05, 4.69) is 34.9 Å². The maximum atomic E-state index is 5.60. The summed E-state index contributed by atoms with van der Waals surface area (Å²) in [5, 5.41) is 1.38. The van der Waals surface area contributed by atoms with E-state index in [-0.39, 0.29) is 0 Å². The number of aryl methyl sites for hydroxylation is 1. The number of aromatic nitrogens is 1. The summed E-state index contributed by atoms with van der Waals surface area (Å²) in [7, 11) is 0. The van der Waals surface area contributed by atoms with Gasteiger partial charge in [0.2, 0.25) is 0 Å². The zero-order valence-electron chi connectivity index (χ0n) is 9.52. The van der Waals surface area contributed by atoms with Crippen molar-refractivity contribution in [1.82, 2.24) is 4.57 Å². The Morgan fingerprint density at radius 2 is 2.06 bits per heavy atom. The van der Waals surface area contributed by atoms with Crippen molar-refractivity contribution in [2.45, 2.75) is 31.7 Å². The summed E-state index contributed by atoms with van der Waals surface area (Å²) in [5.74, 6) is 0. The van der Waals surface area contributed by atoms with Crippen molar-refractivity contribution in [3.63, 3.8) is 0 Å². The molecule has 0 unspecified atom stereocenters. The Morgan fingerprint density at radius 3 is 2.81 bits per heavy atom. The Labute approximate surface area is 96.1 Å². The molecule has 2 N–H and O–H groups in total. The lowest BCUT2D eigenvalue weighted by Crippen LogP contribution is -2.05. The van der Waals surface area contributed by atoms with Gasteiger partial charge in [-0.2, -0.15) is 0 Å². The molecule has 1 aromatic carbocycles. The predicted molar refractivity (Wildman–Crippen MR) is 67.6 cm³/mol.